The van der Waals surface area contributed by atoms with Crippen molar-refractivity contribution in [2.24, 2.45) is 0 Å². The van der Waals surface area contributed by atoms with Crippen molar-refractivity contribution in [3.05, 3.63) is 0 Å². The van der Waals surface area contributed by atoms with Gasteiger partial charge in [0, 0.05) is 6.04 Å². The third kappa shape index (κ3) is 8.87. The Hall–Kier alpha value is 0.870. The van der Waals surface area contributed by atoms with Gasteiger partial charge in [-0.05, 0) is 13.3 Å². The Balaban J connectivity index is 0. The van der Waals surface area contributed by atoms with E-state index in [9.17, 15) is 13.0 Å². The van der Waals surface area contributed by atoms with Crippen molar-refractivity contribution in [2.75, 3.05) is 0 Å². The van der Waals surface area contributed by atoms with Gasteiger partial charge >= 0.3 is 29.6 Å². The van der Waals surface area contributed by atoms with Crippen LogP contribution in [0.15, 0.2) is 0 Å². The SMILES string of the molecule is CCC(C)NS(=O)(=O)[O-].[Na+]. The van der Waals surface area contributed by atoms with Gasteiger partial charge in [-0.1, -0.05) is 6.92 Å². The van der Waals surface area contributed by atoms with Crippen LogP contribution in [-0.4, -0.2) is 19.0 Å². The molecule has 0 fully saturated rings. The summed E-state index contributed by atoms with van der Waals surface area (Å²) in [6, 6.07) is -0.257. The summed E-state index contributed by atoms with van der Waals surface area (Å²) in [6.45, 7) is 3.43. The number of hydrogen-bond acceptors (Lipinski definition) is 3. The van der Waals surface area contributed by atoms with Crippen LogP contribution in [0, 0.1) is 0 Å². The van der Waals surface area contributed by atoms with Crippen LogP contribution in [0.4, 0.5) is 0 Å². The summed E-state index contributed by atoms with van der Waals surface area (Å²) in [5.41, 5.74) is 0. The van der Waals surface area contributed by atoms with E-state index in [4.69, 9.17) is 0 Å². The minimum atomic E-state index is -4.24. The average Bonchev–Trinajstić information content (AvgIpc) is 1.62. The van der Waals surface area contributed by atoms with Crippen LogP contribution >= 0.6 is 0 Å². The molecule has 0 aromatic heterocycles. The molecule has 0 aliphatic rings. The molecular formula is C4H10NNaO3S. The maximum atomic E-state index is 9.93. The van der Waals surface area contributed by atoms with Crippen LogP contribution in [0.2, 0.25) is 0 Å². The van der Waals surface area contributed by atoms with Crippen LogP contribution < -0.4 is 34.3 Å². The first-order valence-corrected chi connectivity index (χ1v) is 4.09. The Labute approximate surface area is 83.6 Å². The van der Waals surface area contributed by atoms with Gasteiger partial charge in [-0.25, -0.2) is 13.1 Å². The Morgan fingerprint density at radius 1 is 1.60 bits per heavy atom. The third-order valence-corrected chi connectivity index (χ3v) is 1.65. The summed E-state index contributed by atoms with van der Waals surface area (Å²) in [5, 5.41) is 0. The largest absolute Gasteiger partial charge is 1.00 e. The molecule has 56 valence electrons. The van der Waals surface area contributed by atoms with Crippen molar-refractivity contribution < 1.29 is 42.5 Å². The Morgan fingerprint density at radius 2 is 2.00 bits per heavy atom. The number of rotatable bonds is 3. The van der Waals surface area contributed by atoms with Crippen molar-refractivity contribution in [3.8, 4) is 0 Å². The van der Waals surface area contributed by atoms with Gasteiger partial charge in [0.1, 0.15) is 0 Å². The molecule has 0 saturated carbocycles. The molecule has 0 bridgehead atoms. The minimum Gasteiger partial charge on any atom is -0.735 e. The normalized spacial score (nSPS) is 13.9. The standard InChI is InChI=1S/C4H11NO3S.Na/c1-3-4(2)5-9(6,7)8;/h4-5H,3H2,1-2H3,(H,6,7,8);/q;+1/p-1. The van der Waals surface area contributed by atoms with Gasteiger partial charge < -0.3 is 4.55 Å². The van der Waals surface area contributed by atoms with E-state index in [0.29, 0.717) is 6.42 Å². The second-order valence-electron chi connectivity index (χ2n) is 1.88. The van der Waals surface area contributed by atoms with E-state index in [1.807, 2.05) is 4.72 Å². The molecule has 4 nitrogen and oxygen atoms in total. The summed E-state index contributed by atoms with van der Waals surface area (Å²) >= 11 is 0. The van der Waals surface area contributed by atoms with E-state index >= 15 is 0 Å². The maximum absolute atomic E-state index is 9.93. The first kappa shape index (κ1) is 13.5. The van der Waals surface area contributed by atoms with Gasteiger partial charge in [0.2, 0.25) is 0 Å². The molecule has 6 heteroatoms. The zero-order chi connectivity index (χ0) is 7.49. The smallest absolute Gasteiger partial charge is 0.735 e. The van der Waals surface area contributed by atoms with Gasteiger partial charge in [0.15, 0.2) is 10.3 Å². The first-order chi connectivity index (χ1) is 3.95. The Kier molecular flexibility index (Phi) is 7.42. The molecule has 0 aliphatic carbocycles. The van der Waals surface area contributed by atoms with Gasteiger partial charge in [0.25, 0.3) is 0 Å². The Bertz CT molecular complexity index is 167. The fourth-order valence-corrected chi connectivity index (χ4v) is 0.989. The van der Waals surface area contributed by atoms with Gasteiger partial charge in [-0.15, -0.1) is 0 Å². The monoisotopic (exact) mass is 175 g/mol. The number of nitrogens with one attached hydrogen (secondary N) is 1. The molecule has 10 heavy (non-hydrogen) atoms. The summed E-state index contributed by atoms with van der Waals surface area (Å²) in [6.07, 6.45) is 0.626. The van der Waals surface area contributed by atoms with Crippen LogP contribution in [0.5, 0.6) is 0 Å². The number of hydrogen-bond donors (Lipinski definition) is 1. The molecule has 0 rings (SSSR count). The van der Waals surface area contributed by atoms with Crippen LogP contribution in [0.25, 0.3) is 0 Å². The molecule has 0 aromatic rings. The molecule has 0 aromatic carbocycles. The van der Waals surface area contributed by atoms with Crippen LogP contribution in [-0.2, 0) is 10.3 Å². The van der Waals surface area contributed by atoms with Crippen molar-refractivity contribution in [1.82, 2.24) is 4.72 Å². The van der Waals surface area contributed by atoms with Gasteiger partial charge in [0.05, 0.1) is 0 Å². The predicted octanol–water partition coefficient (Wildman–Crippen LogP) is -3.16. The zero-order valence-corrected chi connectivity index (χ0v) is 9.23. The zero-order valence-electron chi connectivity index (χ0n) is 6.42. The van der Waals surface area contributed by atoms with Gasteiger partial charge in [-0.3, -0.25) is 0 Å². The predicted molar refractivity (Wildman–Crippen MR) is 32.6 cm³/mol. The molecular weight excluding hydrogens is 165 g/mol. The van der Waals surface area contributed by atoms with E-state index in [-0.39, 0.29) is 35.6 Å². The second kappa shape index (κ2) is 5.51. The van der Waals surface area contributed by atoms with Crippen LogP contribution in [0.3, 0.4) is 0 Å². The maximum Gasteiger partial charge on any atom is 1.00 e. The average molecular weight is 175 g/mol. The summed E-state index contributed by atoms with van der Waals surface area (Å²) in [5.74, 6) is 0. The van der Waals surface area contributed by atoms with Gasteiger partial charge in [-0.2, -0.15) is 0 Å². The van der Waals surface area contributed by atoms with Crippen molar-refractivity contribution in [3.63, 3.8) is 0 Å². The molecule has 0 spiro atoms. The van der Waals surface area contributed by atoms with E-state index in [1.54, 1.807) is 13.8 Å². The fourth-order valence-electron chi connectivity index (χ4n) is 0.330. The van der Waals surface area contributed by atoms with E-state index in [0.717, 1.165) is 0 Å². The quantitative estimate of drug-likeness (QED) is 0.363. The second-order valence-corrected chi connectivity index (χ2v) is 3.03. The Morgan fingerprint density at radius 3 is 2.10 bits per heavy atom. The molecule has 1 atom stereocenters. The summed E-state index contributed by atoms with van der Waals surface area (Å²) in [4.78, 5) is 0. The fraction of sp³-hybridized carbons (Fsp3) is 1.00. The molecule has 0 saturated heterocycles. The van der Waals surface area contributed by atoms with Crippen molar-refractivity contribution >= 4 is 10.3 Å². The van der Waals surface area contributed by atoms with E-state index < -0.39 is 10.3 Å². The third-order valence-electron chi connectivity index (χ3n) is 0.958. The molecule has 0 amide bonds. The molecule has 1 unspecified atom stereocenters. The summed E-state index contributed by atoms with van der Waals surface area (Å²) in [7, 11) is -4.24. The first-order valence-electron chi connectivity index (χ1n) is 2.69. The molecule has 0 aliphatic heterocycles. The summed E-state index contributed by atoms with van der Waals surface area (Å²) < 4.78 is 31.7. The van der Waals surface area contributed by atoms with Crippen molar-refractivity contribution in [1.29, 1.82) is 0 Å². The molecule has 0 heterocycles. The van der Waals surface area contributed by atoms with Crippen molar-refractivity contribution in [2.45, 2.75) is 26.3 Å². The topological polar surface area (TPSA) is 69.2 Å². The molecule has 1 N–H and O–H groups in total. The van der Waals surface area contributed by atoms with E-state index in [1.165, 1.54) is 0 Å². The van der Waals surface area contributed by atoms with Crippen LogP contribution in [0.1, 0.15) is 20.3 Å². The van der Waals surface area contributed by atoms with E-state index in [2.05, 4.69) is 0 Å². The minimum absolute atomic E-state index is 0. The molecule has 0 radical (unpaired) electrons.